The van der Waals surface area contributed by atoms with E-state index in [9.17, 15) is 27.9 Å². The van der Waals surface area contributed by atoms with E-state index in [1.54, 1.807) is 43.3 Å². The summed E-state index contributed by atoms with van der Waals surface area (Å²) in [4.78, 5) is 27.4. The van der Waals surface area contributed by atoms with Crippen molar-refractivity contribution in [1.29, 1.82) is 0 Å². The van der Waals surface area contributed by atoms with Gasteiger partial charge in [0.25, 0.3) is 11.7 Å². The van der Waals surface area contributed by atoms with Crippen molar-refractivity contribution in [3.8, 4) is 5.75 Å². The number of rotatable bonds is 4. The van der Waals surface area contributed by atoms with E-state index >= 15 is 0 Å². The van der Waals surface area contributed by atoms with Gasteiger partial charge in [0.2, 0.25) is 0 Å². The average Bonchev–Trinajstić information content (AvgIpc) is 3.08. The topological polar surface area (TPSA) is 66.8 Å². The maximum atomic E-state index is 13.4. The molecule has 35 heavy (non-hydrogen) atoms. The third kappa shape index (κ3) is 4.39. The van der Waals surface area contributed by atoms with Gasteiger partial charge < -0.3 is 9.84 Å². The highest BCUT2D eigenvalue weighted by molar-refractivity contribution is 6.51. The van der Waals surface area contributed by atoms with Crippen molar-refractivity contribution in [2.45, 2.75) is 26.1 Å². The number of hydrogen-bond acceptors (Lipinski definition) is 4. The molecule has 1 fully saturated rings. The molecule has 1 N–H and O–H groups in total. The molecule has 0 spiro atoms. The van der Waals surface area contributed by atoms with Crippen LogP contribution in [-0.4, -0.2) is 23.9 Å². The van der Waals surface area contributed by atoms with Crippen molar-refractivity contribution in [2.75, 3.05) is 12.0 Å². The Morgan fingerprint density at radius 3 is 2.31 bits per heavy atom. The number of carbonyl (C=O) groups excluding carboxylic acids is 2. The van der Waals surface area contributed by atoms with Gasteiger partial charge in [-0.3, -0.25) is 14.5 Å². The minimum absolute atomic E-state index is 0.0982. The van der Waals surface area contributed by atoms with Gasteiger partial charge in [0.1, 0.15) is 11.5 Å². The van der Waals surface area contributed by atoms with E-state index in [0.717, 1.165) is 22.6 Å². The number of aryl methyl sites for hydroxylation is 2. The standard InChI is InChI=1S/C27H22F3NO4/c1-15-6-4-7-17(12-15)23-22(24(32)21-11-10-20(35-3)13-16(21)2)25(33)26(34)31(23)19-9-5-8-18(14-19)27(28,29)30/h4-14,23,32H,1-3H3/b24-22-. The summed E-state index contributed by atoms with van der Waals surface area (Å²) in [6, 6.07) is 14.9. The van der Waals surface area contributed by atoms with Gasteiger partial charge in [-0.25, -0.2) is 0 Å². The van der Waals surface area contributed by atoms with Crippen molar-refractivity contribution in [2.24, 2.45) is 0 Å². The summed E-state index contributed by atoms with van der Waals surface area (Å²) in [5.74, 6) is -1.88. The lowest BCUT2D eigenvalue weighted by Gasteiger charge is -2.26. The molecule has 1 atom stereocenters. The van der Waals surface area contributed by atoms with E-state index < -0.39 is 35.2 Å². The predicted octanol–water partition coefficient (Wildman–Crippen LogP) is 5.96. The van der Waals surface area contributed by atoms with Gasteiger partial charge in [-0.1, -0.05) is 35.9 Å². The van der Waals surface area contributed by atoms with Gasteiger partial charge in [-0.15, -0.1) is 0 Å². The van der Waals surface area contributed by atoms with E-state index in [4.69, 9.17) is 4.74 Å². The second kappa shape index (κ2) is 8.94. The number of halogens is 3. The van der Waals surface area contributed by atoms with Gasteiger partial charge >= 0.3 is 6.18 Å². The number of amides is 1. The van der Waals surface area contributed by atoms with E-state index in [1.807, 2.05) is 13.0 Å². The third-order valence-corrected chi connectivity index (χ3v) is 5.94. The molecule has 180 valence electrons. The number of benzene rings is 3. The summed E-state index contributed by atoms with van der Waals surface area (Å²) in [6.45, 7) is 3.52. The number of ketones is 1. The molecule has 0 aromatic heterocycles. The Morgan fingerprint density at radius 1 is 0.971 bits per heavy atom. The van der Waals surface area contributed by atoms with E-state index in [2.05, 4.69) is 0 Å². The zero-order chi connectivity index (χ0) is 25.5. The molecule has 1 aliphatic heterocycles. The number of hydrogen-bond donors (Lipinski definition) is 1. The number of anilines is 1. The molecule has 0 aliphatic carbocycles. The predicted molar refractivity (Wildman–Crippen MR) is 125 cm³/mol. The minimum Gasteiger partial charge on any atom is -0.507 e. The van der Waals surface area contributed by atoms with Crippen LogP contribution in [0.5, 0.6) is 5.75 Å². The summed E-state index contributed by atoms with van der Waals surface area (Å²) in [5, 5.41) is 11.3. The van der Waals surface area contributed by atoms with Crippen LogP contribution in [0.2, 0.25) is 0 Å². The molecule has 1 unspecified atom stereocenters. The quantitative estimate of drug-likeness (QED) is 0.284. The molecular weight excluding hydrogens is 459 g/mol. The maximum absolute atomic E-state index is 13.4. The molecule has 1 saturated heterocycles. The molecule has 0 saturated carbocycles. The fraction of sp³-hybridized carbons (Fsp3) is 0.185. The van der Waals surface area contributed by atoms with Gasteiger partial charge in [0, 0.05) is 11.3 Å². The number of alkyl halides is 3. The molecule has 1 heterocycles. The average molecular weight is 481 g/mol. The lowest BCUT2D eigenvalue weighted by molar-refractivity contribution is -0.137. The Hall–Kier alpha value is -4.07. The van der Waals surface area contributed by atoms with Crippen LogP contribution < -0.4 is 9.64 Å². The summed E-state index contributed by atoms with van der Waals surface area (Å²) in [6.07, 6.45) is -4.64. The van der Waals surface area contributed by atoms with E-state index in [1.165, 1.54) is 19.2 Å². The molecule has 1 amide bonds. The van der Waals surface area contributed by atoms with E-state index in [-0.39, 0.29) is 11.3 Å². The van der Waals surface area contributed by atoms with Gasteiger partial charge in [-0.2, -0.15) is 13.2 Å². The Morgan fingerprint density at radius 2 is 1.69 bits per heavy atom. The van der Waals surface area contributed by atoms with Crippen molar-refractivity contribution in [1.82, 2.24) is 0 Å². The monoisotopic (exact) mass is 481 g/mol. The van der Waals surface area contributed by atoms with Crippen molar-refractivity contribution >= 4 is 23.1 Å². The molecule has 5 nitrogen and oxygen atoms in total. The first-order valence-corrected chi connectivity index (χ1v) is 10.7. The normalized spacial score (nSPS) is 17.7. The van der Waals surface area contributed by atoms with Crippen molar-refractivity contribution in [3.63, 3.8) is 0 Å². The number of carbonyl (C=O) groups is 2. The highest BCUT2D eigenvalue weighted by Gasteiger charge is 2.47. The number of methoxy groups -OCH3 is 1. The molecule has 3 aromatic rings. The van der Waals surface area contributed by atoms with Crippen LogP contribution in [0, 0.1) is 13.8 Å². The van der Waals surface area contributed by atoms with Crippen LogP contribution in [0.3, 0.4) is 0 Å². The number of aliphatic hydroxyl groups is 1. The maximum Gasteiger partial charge on any atom is 0.416 e. The number of ether oxygens (including phenoxy) is 1. The molecular formula is C27H22F3NO4. The van der Waals surface area contributed by atoms with Crippen molar-refractivity contribution < 1.29 is 32.6 Å². The Labute approximate surface area is 200 Å². The molecule has 4 rings (SSSR count). The summed E-state index contributed by atoms with van der Waals surface area (Å²) in [7, 11) is 1.49. The second-order valence-electron chi connectivity index (χ2n) is 8.31. The largest absolute Gasteiger partial charge is 0.507 e. The fourth-order valence-corrected chi connectivity index (χ4v) is 4.26. The molecule has 0 radical (unpaired) electrons. The first kappa shape index (κ1) is 24.1. The Kier molecular flexibility index (Phi) is 6.15. The lowest BCUT2D eigenvalue weighted by atomic mass is 9.93. The smallest absolute Gasteiger partial charge is 0.416 e. The fourth-order valence-electron chi connectivity index (χ4n) is 4.26. The first-order valence-electron chi connectivity index (χ1n) is 10.7. The Balaban J connectivity index is 1.96. The van der Waals surface area contributed by atoms with Gasteiger partial charge in [0.05, 0.1) is 24.3 Å². The van der Waals surface area contributed by atoms with Gasteiger partial charge in [0.15, 0.2) is 0 Å². The SMILES string of the molecule is COc1ccc(/C(O)=C2/C(=O)C(=O)N(c3cccc(C(F)(F)F)c3)C2c2cccc(C)c2)c(C)c1. The third-order valence-electron chi connectivity index (χ3n) is 5.94. The highest BCUT2D eigenvalue weighted by atomic mass is 19.4. The van der Waals surface area contributed by atoms with Crippen LogP contribution in [0.25, 0.3) is 5.76 Å². The van der Waals surface area contributed by atoms with Crippen LogP contribution in [0.1, 0.15) is 33.9 Å². The minimum atomic E-state index is -4.64. The second-order valence-corrected chi connectivity index (χ2v) is 8.31. The lowest BCUT2D eigenvalue weighted by Crippen LogP contribution is -2.29. The summed E-state index contributed by atoms with van der Waals surface area (Å²) in [5.41, 5.74) is 0.948. The van der Waals surface area contributed by atoms with Crippen LogP contribution >= 0.6 is 0 Å². The van der Waals surface area contributed by atoms with Crippen LogP contribution in [0.15, 0.2) is 72.3 Å². The number of Topliss-reactive ketones (excluding diaryl/α,β-unsaturated/α-hetero) is 1. The molecule has 1 aliphatic rings. The molecule has 3 aromatic carbocycles. The zero-order valence-electron chi connectivity index (χ0n) is 19.2. The highest BCUT2D eigenvalue weighted by Crippen LogP contribution is 2.44. The van der Waals surface area contributed by atoms with Crippen molar-refractivity contribution in [3.05, 3.63) is 100 Å². The first-order chi connectivity index (χ1) is 16.5. The summed E-state index contributed by atoms with van der Waals surface area (Å²) >= 11 is 0. The van der Waals surface area contributed by atoms with Gasteiger partial charge in [-0.05, 0) is 61.4 Å². The van der Waals surface area contributed by atoms with Crippen LogP contribution in [-0.2, 0) is 15.8 Å². The van der Waals surface area contributed by atoms with E-state index in [0.29, 0.717) is 22.4 Å². The summed E-state index contributed by atoms with van der Waals surface area (Å²) < 4.78 is 45.4. The number of aliphatic hydroxyl groups excluding tert-OH is 1. The van der Waals surface area contributed by atoms with Crippen LogP contribution in [0.4, 0.5) is 18.9 Å². The number of nitrogens with zero attached hydrogens (tertiary/aromatic N) is 1. The zero-order valence-corrected chi connectivity index (χ0v) is 19.2. The molecule has 0 bridgehead atoms. The Bertz CT molecular complexity index is 1360. The molecule has 8 heteroatoms.